The van der Waals surface area contributed by atoms with Crippen molar-refractivity contribution in [2.75, 3.05) is 18.6 Å². The zero-order valence-electron chi connectivity index (χ0n) is 19.9. The molecular formula is C26H26FN7O. The summed E-state index contributed by atoms with van der Waals surface area (Å²) in [6, 6.07) is 7.65. The number of halogens is 1. The van der Waals surface area contributed by atoms with Gasteiger partial charge in [0.05, 0.1) is 41.5 Å². The van der Waals surface area contributed by atoms with E-state index in [-0.39, 0.29) is 11.9 Å². The molecule has 0 amide bonds. The minimum atomic E-state index is -0.195. The maximum atomic E-state index is 14.1. The number of benzene rings is 1. The van der Waals surface area contributed by atoms with Crippen LogP contribution in [0.2, 0.25) is 0 Å². The van der Waals surface area contributed by atoms with Gasteiger partial charge in [-0.1, -0.05) is 6.92 Å². The molecule has 1 aliphatic rings. The molecule has 1 fully saturated rings. The predicted molar refractivity (Wildman–Crippen MR) is 133 cm³/mol. The second kappa shape index (κ2) is 9.22. The third kappa shape index (κ3) is 4.12. The molecule has 1 atom stereocenters. The van der Waals surface area contributed by atoms with Gasteiger partial charge in [-0.3, -0.25) is 0 Å². The fourth-order valence-corrected chi connectivity index (χ4v) is 4.69. The summed E-state index contributed by atoms with van der Waals surface area (Å²) in [5.74, 6) is 1.71. The molecule has 0 spiro atoms. The van der Waals surface area contributed by atoms with Crippen LogP contribution in [0.5, 0.6) is 5.75 Å². The highest BCUT2D eigenvalue weighted by atomic mass is 19.1. The molecule has 1 aromatic carbocycles. The smallest absolute Gasteiger partial charge is 0.168 e. The van der Waals surface area contributed by atoms with Crippen molar-refractivity contribution in [2.45, 2.75) is 39.2 Å². The highest BCUT2D eigenvalue weighted by molar-refractivity contribution is 5.85. The number of ether oxygens (including phenoxy) is 1. The predicted octanol–water partition coefficient (Wildman–Crippen LogP) is 5.33. The first kappa shape index (κ1) is 22.6. The number of rotatable bonds is 6. The summed E-state index contributed by atoms with van der Waals surface area (Å²) in [5.41, 5.74) is 4.26. The number of nitrogens with one attached hydrogen (secondary N) is 1. The molecule has 4 heterocycles. The summed E-state index contributed by atoms with van der Waals surface area (Å²) in [5, 5.41) is 13.8. The molecule has 0 aliphatic carbocycles. The van der Waals surface area contributed by atoms with Crippen LogP contribution < -0.4 is 9.64 Å². The molecule has 4 aromatic rings. The summed E-state index contributed by atoms with van der Waals surface area (Å²) in [6.45, 7) is 4.75. The summed E-state index contributed by atoms with van der Waals surface area (Å²) < 4.78 is 21.2. The molecule has 5 rings (SSSR count). The number of hydrogen-bond donors (Lipinski definition) is 1. The van der Waals surface area contributed by atoms with Crippen LogP contribution in [-0.4, -0.2) is 44.3 Å². The standard InChI is InChI=1S/C26H26FN7O/c1-4-6-18(27)11-16(2)22-7-5-9-33(22)24-8-10-34-26(32-24)19(15-29-34)25-30-20-12-17(14-28)23(35-3)13-21(20)31-25/h6,8,10-13,15,22H,4-5,7,9H2,1-3H3,(H,30,31)/b16-11+,18-6+/t22-/m1/s1. The fourth-order valence-electron chi connectivity index (χ4n) is 4.69. The van der Waals surface area contributed by atoms with Crippen molar-refractivity contribution in [3.63, 3.8) is 0 Å². The van der Waals surface area contributed by atoms with Gasteiger partial charge in [0.15, 0.2) is 5.65 Å². The third-order valence-corrected chi connectivity index (χ3v) is 6.37. The van der Waals surface area contributed by atoms with E-state index >= 15 is 0 Å². The third-order valence-electron chi connectivity index (χ3n) is 6.37. The minimum Gasteiger partial charge on any atom is -0.495 e. The number of methoxy groups -OCH3 is 1. The largest absolute Gasteiger partial charge is 0.495 e. The molecule has 35 heavy (non-hydrogen) atoms. The van der Waals surface area contributed by atoms with Crippen molar-refractivity contribution in [3.05, 3.63) is 59.7 Å². The SMILES string of the molecule is CC/C=C(F)\C=C(/C)[C@H]1CCCN1c1ccn2ncc(-c3nc4cc(OC)c(C#N)cc4[nH]3)c2n1. The average molecular weight is 472 g/mol. The molecule has 1 saturated heterocycles. The number of aromatic amines is 1. The molecule has 0 saturated carbocycles. The molecule has 1 aliphatic heterocycles. The van der Waals surface area contributed by atoms with Crippen molar-refractivity contribution in [1.82, 2.24) is 24.6 Å². The van der Waals surface area contributed by atoms with Gasteiger partial charge >= 0.3 is 0 Å². The number of nitriles is 1. The van der Waals surface area contributed by atoms with Crippen molar-refractivity contribution < 1.29 is 9.13 Å². The molecule has 0 unspecified atom stereocenters. The fraction of sp³-hybridized carbons (Fsp3) is 0.308. The highest BCUT2D eigenvalue weighted by Crippen LogP contribution is 2.32. The Bertz CT molecular complexity index is 1510. The van der Waals surface area contributed by atoms with E-state index in [1.165, 1.54) is 7.11 Å². The first-order valence-corrected chi connectivity index (χ1v) is 11.7. The van der Waals surface area contributed by atoms with E-state index in [0.29, 0.717) is 34.7 Å². The van der Waals surface area contributed by atoms with E-state index in [1.54, 1.807) is 35.0 Å². The van der Waals surface area contributed by atoms with Crippen molar-refractivity contribution in [2.24, 2.45) is 0 Å². The summed E-state index contributed by atoms with van der Waals surface area (Å²) >= 11 is 0. The van der Waals surface area contributed by atoms with E-state index in [4.69, 9.17) is 14.7 Å². The van der Waals surface area contributed by atoms with Crippen LogP contribution in [0.15, 0.2) is 54.1 Å². The summed E-state index contributed by atoms with van der Waals surface area (Å²) in [6.07, 6.45) is 9.46. The zero-order chi connectivity index (χ0) is 24.5. The normalized spacial score (nSPS) is 16.9. The highest BCUT2D eigenvalue weighted by Gasteiger charge is 2.28. The number of hydrogen-bond acceptors (Lipinski definition) is 6. The van der Waals surface area contributed by atoms with Crippen molar-refractivity contribution in [1.29, 1.82) is 5.26 Å². The van der Waals surface area contributed by atoms with Gasteiger partial charge in [-0.2, -0.15) is 10.4 Å². The van der Waals surface area contributed by atoms with Crippen LogP contribution in [0.4, 0.5) is 10.2 Å². The van der Waals surface area contributed by atoms with Gasteiger partial charge in [-0.25, -0.2) is 18.9 Å². The summed E-state index contributed by atoms with van der Waals surface area (Å²) in [7, 11) is 1.53. The Balaban J connectivity index is 1.53. The molecule has 0 radical (unpaired) electrons. The number of anilines is 1. The minimum absolute atomic E-state index is 0.0930. The first-order valence-electron chi connectivity index (χ1n) is 11.7. The second-order valence-electron chi connectivity index (χ2n) is 8.62. The number of fused-ring (bicyclic) bond motifs is 2. The van der Waals surface area contributed by atoms with Crippen LogP contribution >= 0.6 is 0 Å². The molecule has 8 nitrogen and oxygen atoms in total. The molecular weight excluding hydrogens is 445 g/mol. The number of allylic oxidation sites excluding steroid dienone is 3. The maximum Gasteiger partial charge on any atom is 0.168 e. The summed E-state index contributed by atoms with van der Waals surface area (Å²) in [4.78, 5) is 15.1. The van der Waals surface area contributed by atoms with Crippen LogP contribution in [0, 0.1) is 11.3 Å². The number of imidazole rings is 1. The second-order valence-corrected chi connectivity index (χ2v) is 8.62. The van der Waals surface area contributed by atoms with Gasteiger partial charge < -0.3 is 14.6 Å². The molecule has 9 heteroatoms. The van der Waals surface area contributed by atoms with E-state index in [0.717, 1.165) is 41.9 Å². The van der Waals surface area contributed by atoms with Crippen molar-refractivity contribution >= 4 is 22.5 Å². The Morgan fingerprint density at radius 3 is 3.00 bits per heavy atom. The molecule has 1 N–H and O–H groups in total. The van der Waals surface area contributed by atoms with Gasteiger partial charge in [0.1, 0.15) is 29.3 Å². The van der Waals surface area contributed by atoms with Gasteiger partial charge in [0.2, 0.25) is 0 Å². The van der Waals surface area contributed by atoms with E-state index in [2.05, 4.69) is 21.1 Å². The van der Waals surface area contributed by atoms with Crippen LogP contribution in [0.1, 0.15) is 38.7 Å². The molecule has 0 bridgehead atoms. The van der Waals surface area contributed by atoms with Crippen LogP contribution in [-0.2, 0) is 0 Å². The lowest BCUT2D eigenvalue weighted by Gasteiger charge is -2.26. The van der Waals surface area contributed by atoms with Gasteiger partial charge in [-0.15, -0.1) is 0 Å². The Hall–Kier alpha value is -4.19. The average Bonchev–Trinajstić information content (AvgIpc) is 3.60. The molecule has 3 aromatic heterocycles. The lowest BCUT2D eigenvalue weighted by atomic mass is 10.1. The van der Waals surface area contributed by atoms with Crippen LogP contribution in [0.25, 0.3) is 28.1 Å². The number of H-pyrrole nitrogens is 1. The van der Waals surface area contributed by atoms with E-state index < -0.39 is 0 Å². The van der Waals surface area contributed by atoms with Gasteiger partial charge in [0, 0.05) is 18.8 Å². The topological polar surface area (TPSA) is 95.1 Å². The maximum absolute atomic E-state index is 14.1. The lowest BCUT2D eigenvalue weighted by Crippen LogP contribution is -2.31. The Morgan fingerprint density at radius 2 is 2.23 bits per heavy atom. The Kier molecular flexibility index (Phi) is 5.95. The lowest BCUT2D eigenvalue weighted by molar-refractivity contribution is 0.414. The van der Waals surface area contributed by atoms with E-state index in [9.17, 15) is 9.65 Å². The van der Waals surface area contributed by atoms with Gasteiger partial charge in [-0.05, 0) is 56.0 Å². The monoisotopic (exact) mass is 471 g/mol. The zero-order valence-corrected chi connectivity index (χ0v) is 19.9. The van der Waals surface area contributed by atoms with Crippen LogP contribution in [0.3, 0.4) is 0 Å². The number of nitrogens with zero attached hydrogens (tertiary/aromatic N) is 6. The number of aromatic nitrogens is 5. The Labute approximate surface area is 202 Å². The quantitative estimate of drug-likeness (QED) is 0.382. The van der Waals surface area contributed by atoms with Gasteiger partial charge in [0.25, 0.3) is 0 Å². The Morgan fingerprint density at radius 1 is 1.37 bits per heavy atom. The van der Waals surface area contributed by atoms with Crippen molar-refractivity contribution in [3.8, 4) is 23.2 Å². The first-order chi connectivity index (χ1) is 17.0. The molecule has 178 valence electrons. The van der Waals surface area contributed by atoms with E-state index in [1.807, 2.05) is 26.1 Å².